The second kappa shape index (κ2) is 12.7. The molecular weight excluding hydrogens is 560 g/mol. The molecule has 0 radical (unpaired) electrons. The second-order valence-electron chi connectivity index (χ2n) is 14.2. The Labute approximate surface area is 261 Å². The predicted molar refractivity (Wildman–Crippen MR) is 166 cm³/mol. The van der Waals surface area contributed by atoms with Crippen LogP contribution in [0.4, 0.5) is 0 Å². The van der Waals surface area contributed by atoms with E-state index in [-0.39, 0.29) is 55.0 Å². The van der Waals surface area contributed by atoms with E-state index >= 15 is 0 Å². The van der Waals surface area contributed by atoms with E-state index in [0.29, 0.717) is 24.3 Å². The van der Waals surface area contributed by atoms with Crippen LogP contribution in [0.5, 0.6) is 0 Å². The first-order valence-electron chi connectivity index (χ1n) is 16.3. The van der Waals surface area contributed by atoms with Gasteiger partial charge in [0.05, 0.1) is 24.2 Å². The second-order valence-corrected chi connectivity index (χ2v) is 14.2. The van der Waals surface area contributed by atoms with Crippen molar-refractivity contribution in [3.63, 3.8) is 0 Å². The van der Waals surface area contributed by atoms with Crippen molar-refractivity contribution in [2.45, 2.75) is 116 Å². The molecule has 242 valence electrons. The molecule has 0 saturated carbocycles. The Morgan fingerprint density at radius 3 is 2.59 bits per heavy atom. The summed E-state index contributed by atoms with van der Waals surface area (Å²) in [7, 11) is 0. The highest BCUT2D eigenvalue weighted by molar-refractivity contribution is 6.01. The van der Waals surface area contributed by atoms with Crippen LogP contribution in [0.1, 0.15) is 80.6 Å². The summed E-state index contributed by atoms with van der Waals surface area (Å²) in [5, 5.41) is 23.3. The lowest BCUT2D eigenvalue weighted by Crippen LogP contribution is -2.58. The number of allylic oxidation sites excluding steroid dienone is 6. The molecule has 4 aliphatic heterocycles. The molecular formula is C36H50O8. The van der Waals surface area contributed by atoms with Crippen LogP contribution < -0.4 is 0 Å². The zero-order valence-corrected chi connectivity index (χ0v) is 27.2. The standard InChI is InChI=1S/C36H50O8/c1-20(2)13-24(6)33-25(7)30(37)18-35(44-33)17-27-16-26(43-35)12-11-22(4)14-21(3)9-8-10-31-36(40)28(34(39)42-27)15-23(5)32(38)29(36)19-41-31/h8-11,13,15,20-21,25-30,33,37,40H,12,14,16-19H2,1-7H3. The first-order valence-corrected chi connectivity index (χ1v) is 16.3. The molecule has 3 fully saturated rings. The van der Waals surface area contributed by atoms with Crippen molar-refractivity contribution in [1.82, 2.24) is 0 Å². The summed E-state index contributed by atoms with van der Waals surface area (Å²) in [4.78, 5) is 27.1. The quantitative estimate of drug-likeness (QED) is 0.312. The zero-order valence-electron chi connectivity index (χ0n) is 27.2. The molecule has 2 bridgehead atoms. The Bertz CT molecular complexity index is 1290. The van der Waals surface area contributed by atoms with Crippen LogP contribution in [-0.4, -0.2) is 64.4 Å². The third-order valence-electron chi connectivity index (χ3n) is 9.96. The van der Waals surface area contributed by atoms with Gasteiger partial charge < -0.3 is 29.2 Å². The molecule has 0 aromatic heterocycles. The summed E-state index contributed by atoms with van der Waals surface area (Å²) in [5.74, 6) is -3.40. The fourth-order valence-electron chi connectivity index (χ4n) is 7.74. The molecule has 44 heavy (non-hydrogen) atoms. The SMILES string of the molecule is CC1=CCC2CC(CC3(CC(O)C(C)C(C(C)=CC(C)C)O3)O2)OC(=O)C2C=C(C)C(=O)C3COC(=CC=CC(C)C1)C23O. The number of ketones is 1. The van der Waals surface area contributed by atoms with Crippen LogP contribution in [0, 0.1) is 29.6 Å². The van der Waals surface area contributed by atoms with Gasteiger partial charge in [-0.2, -0.15) is 0 Å². The number of carbonyl (C=O) groups excluding carboxylic acids is 2. The van der Waals surface area contributed by atoms with E-state index in [0.717, 1.165) is 12.0 Å². The molecule has 5 rings (SSSR count). The van der Waals surface area contributed by atoms with Gasteiger partial charge in [0.2, 0.25) is 0 Å². The van der Waals surface area contributed by atoms with E-state index in [9.17, 15) is 19.8 Å². The van der Waals surface area contributed by atoms with Crippen LogP contribution in [0.15, 0.2) is 58.9 Å². The predicted octanol–water partition coefficient (Wildman–Crippen LogP) is 5.50. The number of aliphatic hydroxyl groups is 2. The van der Waals surface area contributed by atoms with Crippen molar-refractivity contribution in [2.24, 2.45) is 29.6 Å². The molecule has 2 N–H and O–H groups in total. The summed E-state index contributed by atoms with van der Waals surface area (Å²) in [6.45, 7) is 14.1. The van der Waals surface area contributed by atoms with Crippen LogP contribution in [-0.2, 0) is 28.5 Å². The molecule has 10 atom stereocenters. The fraction of sp³-hybridized carbons (Fsp3) is 0.667. The monoisotopic (exact) mass is 610 g/mol. The maximum absolute atomic E-state index is 14.0. The van der Waals surface area contributed by atoms with Crippen molar-refractivity contribution in [3.05, 3.63) is 58.9 Å². The zero-order chi connectivity index (χ0) is 32.0. The minimum absolute atomic E-state index is 0.00162. The molecule has 1 spiro atoms. The average Bonchev–Trinajstić information content (AvgIpc) is 3.27. The van der Waals surface area contributed by atoms with Crippen molar-refractivity contribution in [3.8, 4) is 0 Å². The first-order chi connectivity index (χ1) is 20.7. The number of esters is 1. The Balaban J connectivity index is 1.53. The Kier molecular flexibility index (Phi) is 9.49. The number of hydrogen-bond acceptors (Lipinski definition) is 8. The van der Waals surface area contributed by atoms with Gasteiger partial charge in [-0.05, 0) is 62.7 Å². The highest BCUT2D eigenvalue weighted by Crippen LogP contribution is 2.48. The highest BCUT2D eigenvalue weighted by Gasteiger charge is 2.61. The third kappa shape index (κ3) is 6.41. The van der Waals surface area contributed by atoms with E-state index in [1.807, 2.05) is 26.0 Å². The molecule has 8 nitrogen and oxygen atoms in total. The van der Waals surface area contributed by atoms with Crippen molar-refractivity contribution < 1.29 is 38.7 Å². The minimum atomic E-state index is -1.84. The van der Waals surface area contributed by atoms with E-state index in [2.05, 4.69) is 39.8 Å². The van der Waals surface area contributed by atoms with E-state index in [4.69, 9.17) is 18.9 Å². The number of fused-ring (bicyclic) bond motifs is 2. The van der Waals surface area contributed by atoms with Gasteiger partial charge in [0.1, 0.15) is 24.4 Å². The van der Waals surface area contributed by atoms with Crippen molar-refractivity contribution in [1.29, 1.82) is 0 Å². The van der Waals surface area contributed by atoms with Crippen LogP contribution >= 0.6 is 0 Å². The van der Waals surface area contributed by atoms with Crippen LogP contribution in [0.2, 0.25) is 0 Å². The maximum atomic E-state index is 14.0. The number of hydrogen-bond donors (Lipinski definition) is 2. The number of Topliss-reactive ketones (excluding diaryl/α,β-unsaturated/α-hetero) is 1. The lowest BCUT2D eigenvalue weighted by atomic mass is 9.69. The summed E-state index contributed by atoms with van der Waals surface area (Å²) >= 11 is 0. The van der Waals surface area contributed by atoms with Crippen LogP contribution in [0.25, 0.3) is 0 Å². The average molecular weight is 611 g/mol. The Hall–Kier alpha value is -2.52. The summed E-state index contributed by atoms with van der Waals surface area (Å²) in [5.41, 5.74) is 0.820. The topological polar surface area (TPSA) is 112 Å². The van der Waals surface area contributed by atoms with Gasteiger partial charge in [-0.15, -0.1) is 0 Å². The highest BCUT2D eigenvalue weighted by atomic mass is 16.7. The summed E-state index contributed by atoms with van der Waals surface area (Å²) in [6, 6.07) is 0. The van der Waals surface area contributed by atoms with Crippen molar-refractivity contribution in [2.75, 3.05) is 6.61 Å². The normalized spacial score (nSPS) is 41.9. The first kappa shape index (κ1) is 32.9. The molecule has 3 saturated heterocycles. The molecule has 4 heterocycles. The lowest BCUT2D eigenvalue weighted by molar-refractivity contribution is -0.342. The van der Waals surface area contributed by atoms with Gasteiger partial charge in [0, 0.05) is 25.2 Å². The maximum Gasteiger partial charge on any atom is 0.316 e. The fourth-order valence-corrected chi connectivity index (χ4v) is 7.74. The van der Waals surface area contributed by atoms with Gasteiger partial charge in [-0.25, -0.2) is 0 Å². The molecule has 8 heteroatoms. The number of aliphatic hydroxyl groups excluding tert-OH is 1. The van der Waals surface area contributed by atoms with E-state index in [1.54, 1.807) is 13.0 Å². The molecule has 10 unspecified atom stereocenters. The van der Waals surface area contributed by atoms with Gasteiger partial charge in [0.15, 0.2) is 17.2 Å². The number of carbonyl (C=O) groups is 2. The van der Waals surface area contributed by atoms with Gasteiger partial charge >= 0.3 is 5.97 Å². The molecule has 0 aromatic rings. The minimum Gasteiger partial charge on any atom is -0.494 e. The molecule has 5 aliphatic rings. The number of ether oxygens (including phenoxy) is 4. The Morgan fingerprint density at radius 1 is 1.11 bits per heavy atom. The van der Waals surface area contributed by atoms with E-state index in [1.165, 1.54) is 11.6 Å². The van der Waals surface area contributed by atoms with Gasteiger partial charge in [-0.3, -0.25) is 9.59 Å². The molecule has 0 amide bonds. The van der Waals surface area contributed by atoms with Gasteiger partial charge in [0.25, 0.3) is 0 Å². The largest absolute Gasteiger partial charge is 0.494 e. The summed E-state index contributed by atoms with van der Waals surface area (Å²) in [6.07, 6.45) is 11.9. The van der Waals surface area contributed by atoms with E-state index < -0.39 is 41.4 Å². The van der Waals surface area contributed by atoms with Crippen LogP contribution in [0.3, 0.4) is 0 Å². The third-order valence-corrected chi connectivity index (χ3v) is 9.96. The smallest absolute Gasteiger partial charge is 0.316 e. The number of rotatable bonds is 2. The lowest BCUT2D eigenvalue weighted by Gasteiger charge is -2.51. The van der Waals surface area contributed by atoms with Gasteiger partial charge in [-0.1, -0.05) is 63.6 Å². The van der Waals surface area contributed by atoms with Crippen molar-refractivity contribution >= 4 is 11.8 Å². The Morgan fingerprint density at radius 2 is 1.86 bits per heavy atom. The molecule has 1 aliphatic carbocycles. The molecule has 0 aromatic carbocycles. The summed E-state index contributed by atoms with van der Waals surface area (Å²) < 4.78 is 25.6.